The van der Waals surface area contributed by atoms with Gasteiger partial charge in [-0.3, -0.25) is 4.98 Å². The monoisotopic (exact) mass is 320 g/mol. The summed E-state index contributed by atoms with van der Waals surface area (Å²) in [7, 11) is 1.85. The zero-order chi connectivity index (χ0) is 13.8. The van der Waals surface area contributed by atoms with Gasteiger partial charge in [0.05, 0.1) is 17.4 Å². The van der Waals surface area contributed by atoms with Crippen molar-refractivity contribution in [3.63, 3.8) is 0 Å². The van der Waals surface area contributed by atoms with E-state index in [-0.39, 0.29) is 5.56 Å². The standard InChI is InChI=1S/C14H13BrN2O2/c1-17(9-10-2-4-11(15)5-3-10)13-8-16-7-6-12(13)14(18)19/h2-8H,9H2,1H3,(H,18,19). The van der Waals surface area contributed by atoms with Gasteiger partial charge in [-0.2, -0.15) is 0 Å². The Labute approximate surface area is 119 Å². The van der Waals surface area contributed by atoms with Crippen molar-refractivity contribution in [2.45, 2.75) is 6.54 Å². The zero-order valence-electron chi connectivity index (χ0n) is 10.4. The molecule has 1 N–H and O–H groups in total. The molecule has 19 heavy (non-hydrogen) atoms. The van der Waals surface area contributed by atoms with Crippen LogP contribution < -0.4 is 4.90 Å². The Bertz CT molecular complexity index is 584. The van der Waals surface area contributed by atoms with E-state index in [9.17, 15) is 4.79 Å². The number of carboxylic acid groups (broad SMARTS) is 1. The fraction of sp³-hybridized carbons (Fsp3) is 0.143. The number of hydrogen-bond donors (Lipinski definition) is 1. The summed E-state index contributed by atoms with van der Waals surface area (Å²) in [5.74, 6) is -0.944. The third-order valence-corrected chi connectivity index (χ3v) is 3.30. The number of nitrogens with zero attached hydrogens (tertiary/aromatic N) is 2. The molecule has 0 atom stereocenters. The molecule has 0 aliphatic rings. The van der Waals surface area contributed by atoms with Crippen molar-refractivity contribution in [1.82, 2.24) is 4.98 Å². The van der Waals surface area contributed by atoms with E-state index in [0.717, 1.165) is 10.0 Å². The first kappa shape index (κ1) is 13.5. The number of benzene rings is 1. The summed E-state index contributed by atoms with van der Waals surface area (Å²) < 4.78 is 1.02. The number of halogens is 1. The van der Waals surface area contributed by atoms with Crippen LogP contribution in [-0.2, 0) is 6.54 Å². The Hall–Kier alpha value is -1.88. The molecule has 1 aromatic heterocycles. The van der Waals surface area contributed by atoms with Crippen LogP contribution in [0.3, 0.4) is 0 Å². The van der Waals surface area contributed by atoms with Crippen LogP contribution in [0.1, 0.15) is 15.9 Å². The Morgan fingerprint density at radius 2 is 2.00 bits per heavy atom. The molecular weight excluding hydrogens is 308 g/mol. The summed E-state index contributed by atoms with van der Waals surface area (Å²) in [6.45, 7) is 0.624. The van der Waals surface area contributed by atoms with Crippen LogP contribution >= 0.6 is 15.9 Å². The summed E-state index contributed by atoms with van der Waals surface area (Å²) in [6, 6.07) is 9.43. The molecule has 0 aliphatic carbocycles. The molecule has 0 saturated carbocycles. The lowest BCUT2D eigenvalue weighted by molar-refractivity contribution is 0.0697. The minimum atomic E-state index is -0.944. The number of aromatic carboxylic acids is 1. The molecule has 0 unspecified atom stereocenters. The molecule has 4 nitrogen and oxygen atoms in total. The predicted molar refractivity (Wildman–Crippen MR) is 77.4 cm³/mol. The second-order valence-corrected chi connectivity index (χ2v) is 5.10. The summed E-state index contributed by atoms with van der Waals surface area (Å²) in [5.41, 5.74) is 1.97. The highest BCUT2D eigenvalue weighted by Crippen LogP contribution is 2.20. The van der Waals surface area contributed by atoms with Crippen molar-refractivity contribution in [1.29, 1.82) is 0 Å². The lowest BCUT2D eigenvalue weighted by Gasteiger charge is -2.20. The van der Waals surface area contributed by atoms with Crippen LogP contribution in [-0.4, -0.2) is 23.1 Å². The maximum absolute atomic E-state index is 11.2. The summed E-state index contributed by atoms with van der Waals surface area (Å²) in [4.78, 5) is 17.0. The number of hydrogen-bond acceptors (Lipinski definition) is 3. The minimum absolute atomic E-state index is 0.259. The highest BCUT2D eigenvalue weighted by molar-refractivity contribution is 9.10. The van der Waals surface area contributed by atoms with Crippen molar-refractivity contribution >= 4 is 27.6 Å². The molecular formula is C14H13BrN2O2. The summed E-state index contributed by atoms with van der Waals surface area (Å²) in [5, 5.41) is 9.16. The summed E-state index contributed by atoms with van der Waals surface area (Å²) in [6.07, 6.45) is 3.06. The Morgan fingerprint density at radius 3 is 2.63 bits per heavy atom. The molecule has 2 rings (SSSR count). The van der Waals surface area contributed by atoms with Gasteiger partial charge in [0.1, 0.15) is 0 Å². The first-order chi connectivity index (χ1) is 9.08. The topological polar surface area (TPSA) is 53.4 Å². The van der Waals surface area contributed by atoms with E-state index in [1.807, 2.05) is 36.2 Å². The van der Waals surface area contributed by atoms with Crippen molar-refractivity contribution in [2.24, 2.45) is 0 Å². The van der Waals surface area contributed by atoms with E-state index < -0.39 is 5.97 Å². The highest BCUT2D eigenvalue weighted by atomic mass is 79.9. The lowest BCUT2D eigenvalue weighted by atomic mass is 10.1. The fourth-order valence-corrected chi connectivity index (χ4v) is 2.08. The Balaban J connectivity index is 2.22. The minimum Gasteiger partial charge on any atom is -0.478 e. The number of anilines is 1. The molecule has 0 fully saturated rings. The van der Waals surface area contributed by atoms with Crippen LogP contribution in [0, 0.1) is 0 Å². The molecule has 5 heteroatoms. The first-order valence-corrected chi connectivity index (χ1v) is 6.50. The van der Waals surface area contributed by atoms with Crippen LogP contribution in [0.15, 0.2) is 47.2 Å². The second kappa shape index (κ2) is 5.84. The van der Waals surface area contributed by atoms with Crippen molar-refractivity contribution in [3.05, 3.63) is 58.3 Å². The second-order valence-electron chi connectivity index (χ2n) is 4.18. The van der Waals surface area contributed by atoms with E-state index in [1.54, 1.807) is 6.20 Å². The molecule has 0 bridgehead atoms. The first-order valence-electron chi connectivity index (χ1n) is 5.71. The van der Waals surface area contributed by atoms with E-state index in [0.29, 0.717) is 12.2 Å². The number of aromatic nitrogens is 1. The largest absolute Gasteiger partial charge is 0.478 e. The van der Waals surface area contributed by atoms with Crippen molar-refractivity contribution in [2.75, 3.05) is 11.9 Å². The van der Waals surface area contributed by atoms with Crippen LogP contribution in [0.2, 0.25) is 0 Å². The zero-order valence-corrected chi connectivity index (χ0v) is 12.0. The molecule has 98 valence electrons. The van der Waals surface area contributed by atoms with Gasteiger partial charge >= 0.3 is 5.97 Å². The highest BCUT2D eigenvalue weighted by Gasteiger charge is 2.13. The van der Waals surface area contributed by atoms with Gasteiger partial charge in [-0.05, 0) is 23.8 Å². The molecule has 1 heterocycles. The lowest BCUT2D eigenvalue weighted by Crippen LogP contribution is -2.19. The molecule has 1 aromatic carbocycles. The van der Waals surface area contributed by atoms with Crippen LogP contribution in [0.25, 0.3) is 0 Å². The van der Waals surface area contributed by atoms with Gasteiger partial charge in [-0.25, -0.2) is 4.79 Å². The number of carboxylic acids is 1. The van der Waals surface area contributed by atoms with Crippen LogP contribution in [0.5, 0.6) is 0 Å². The maximum Gasteiger partial charge on any atom is 0.337 e. The SMILES string of the molecule is CN(Cc1ccc(Br)cc1)c1cnccc1C(=O)O. The van der Waals surface area contributed by atoms with E-state index >= 15 is 0 Å². The number of pyridine rings is 1. The van der Waals surface area contributed by atoms with Crippen LogP contribution in [0.4, 0.5) is 5.69 Å². The Morgan fingerprint density at radius 1 is 1.32 bits per heavy atom. The van der Waals surface area contributed by atoms with E-state index in [2.05, 4.69) is 20.9 Å². The Kier molecular flexibility index (Phi) is 4.16. The van der Waals surface area contributed by atoms with Crippen molar-refractivity contribution < 1.29 is 9.90 Å². The average molecular weight is 321 g/mol. The maximum atomic E-state index is 11.2. The fourth-order valence-electron chi connectivity index (χ4n) is 1.82. The number of carbonyl (C=O) groups is 1. The number of rotatable bonds is 4. The molecule has 0 amide bonds. The quantitative estimate of drug-likeness (QED) is 0.940. The smallest absolute Gasteiger partial charge is 0.337 e. The third-order valence-electron chi connectivity index (χ3n) is 2.77. The van der Waals surface area contributed by atoms with E-state index in [1.165, 1.54) is 12.3 Å². The van der Waals surface area contributed by atoms with Gasteiger partial charge in [-0.1, -0.05) is 28.1 Å². The van der Waals surface area contributed by atoms with Gasteiger partial charge in [0, 0.05) is 24.3 Å². The molecule has 0 saturated heterocycles. The van der Waals surface area contributed by atoms with Gasteiger partial charge in [0.25, 0.3) is 0 Å². The third kappa shape index (κ3) is 3.32. The molecule has 2 aromatic rings. The molecule has 0 spiro atoms. The predicted octanol–water partition coefficient (Wildman–Crippen LogP) is 3.18. The van der Waals surface area contributed by atoms with Gasteiger partial charge in [0.2, 0.25) is 0 Å². The van der Waals surface area contributed by atoms with Gasteiger partial charge in [-0.15, -0.1) is 0 Å². The van der Waals surface area contributed by atoms with Gasteiger partial charge in [0.15, 0.2) is 0 Å². The molecule has 0 aliphatic heterocycles. The average Bonchev–Trinajstić information content (AvgIpc) is 2.41. The molecule has 0 radical (unpaired) electrons. The summed E-state index contributed by atoms with van der Waals surface area (Å²) >= 11 is 3.39. The van der Waals surface area contributed by atoms with Crippen molar-refractivity contribution in [3.8, 4) is 0 Å². The van der Waals surface area contributed by atoms with E-state index in [4.69, 9.17) is 5.11 Å². The normalized spacial score (nSPS) is 10.2. The van der Waals surface area contributed by atoms with Gasteiger partial charge < -0.3 is 10.0 Å².